The van der Waals surface area contributed by atoms with E-state index in [1.165, 1.54) is 5.56 Å². The van der Waals surface area contributed by atoms with E-state index in [0.29, 0.717) is 0 Å². The van der Waals surface area contributed by atoms with Crippen molar-refractivity contribution in [3.8, 4) is 0 Å². The second-order valence-corrected chi connectivity index (χ2v) is 4.63. The lowest BCUT2D eigenvalue weighted by Gasteiger charge is -2.24. The van der Waals surface area contributed by atoms with Crippen molar-refractivity contribution < 1.29 is 4.79 Å². The van der Waals surface area contributed by atoms with Gasteiger partial charge in [0.2, 0.25) is 5.91 Å². The summed E-state index contributed by atoms with van der Waals surface area (Å²) >= 11 is 0. The van der Waals surface area contributed by atoms with Gasteiger partial charge in [-0.2, -0.15) is 0 Å². The second kappa shape index (κ2) is 4.31. The van der Waals surface area contributed by atoms with Crippen LogP contribution in [0.15, 0.2) is 6.33 Å². The Kier molecular flexibility index (Phi) is 2.66. The maximum absolute atomic E-state index is 11.7. The molecule has 2 heterocycles. The number of amides is 1. The first kappa shape index (κ1) is 10.5. The zero-order chi connectivity index (χ0) is 11.7. The number of fused-ring (bicyclic) bond motifs is 1. The van der Waals surface area contributed by atoms with E-state index < -0.39 is 0 Å². The molecule has 2 N–H and O–H groups in total. The molecular weight excluding hydrogens is 216 g/mol. The van der Waals surface area contributed by atoms with Crippen LogP contribution < -0.4 is 10.6 Å². The van der Waals surface area contributed by atoms with Gasteiger partial charge in [-0.3, -0.25) is 4.79 Å². The van der Waals surface area contributed by atoms with Crippen LogP contribution in [-0.4, -0.2) is 28.5 Å². The third-order valence-corrected chi connectivity index (χ3v) is 3.47. The molecule has 5 nitrogen and oxygen atoms in total. The van der Waals surface area contributed by atoms with Gasteiger partial charge in [0.05, 0.1) is 0 Å². The highest BCUT2D eigenvalue weighted by Crippen LogP contribution is 2.26. The molecule has 1 aromatic rings. The predicted molar refractivity (Wildman–Crippen MR) is 63.7 cm³/mol. The Hall–Kier alpha value is -1.65. The number of hydrogen-bond donors (Lipinski definition) is 2. The number of piperidine rings is 1. The number of hydrogen-bond acceptors (Lipinski definition) is 4. The van der Waals surface area contributed by atoms with Crippen LogP contribution in [0, 0.1) is 0 Å². The topological polar surface area (TPSA) is 66.9 Å². The minimum atomic E-state index is -0.136. The van der Waals surface area contributed by atoms with Gasteiger partial charge in [0, 0.05) is 17.8 Å². The first-order valence-electron chi connectivity index (χ1n) is 6.21. The molecule has 1 saturated heterocycles. The van der Waals surface area contributed by atoms with Crippen molar-refractivity contribution in [3.05, 3.63) is 17.6 Å². The average Bonchev–Trinajstić information content (AvgIpc) is 2.81. The lowest BCUT2D eigenvalue weighted by Crippen LogP contribution is -2.44. The van der Waals surface area contributed by atoms with Crippen molar-refractivity contribution in [2.24, 2.45) is 0 Å². The first-order valence-corrected chi connectivity index (χ1v) is 6.21. The normalized spacial score (nSPS) is 23.1. The summed E-state index contributed by atoms with van der Waals surface area (Å²) in [6.07, 6.45) is 6.68. The molecule has 0 bridgehead atoms. The average molecular weight is 232 g/mol. The van der Waals surface area contributed by atoms with Crippen LogP contribution >= 0.6 is 0 Å². The monoisotopic (exact) mass is 232 g/mol. The number of carbonyl (C=O) groups excluding carboxylic acids is 1. The van der Waals surface area contributed by atoms with Crippen molar-refractivity contribution in [2.45, 2.75) is 38.1 Å². The van der Waals surface area contributed by atoms with Crippen molar-refractivity contribution in [3.63, 3.8) is 0 Å². The molecule has 0 spiro atoms. The summed E-state index contributed by atoms with van der Waals surface area (Å²) in [7, 11) is 0. The highest BCUT2D eigenvalue weighted by atomic mass is 16.2. The molecule has 1 unspecified atom stereocenters. The van der Waals surface area contributed by atoms with Crippen LogP contribution in [-0.2, 0) is 17.6 Å². The van der Waals surface area contributed by atoms with Crippen molar-refractivity contribution in [2.75, 3.05) is 11.9 Å². The Labute approximate surface area is 100 Å². The number of nitrogens with zero attached hydrogens (tertiary/aromatic N) is 2. The summed E-state index contributed by atoms with van der Waals surface area (Å²) in [6, 6.07) is -0.136. The lowest BCUT2D eigenvalue weighted by atomic mass is 10.1. The number of anilines is 1. The summed E-state index contributed by atoms with van der Waals surface area (Å²) in [5.41, 5.74) is 2.34. The zero-order valence-corrected chi connectivity index (χ0v) is 9.70. The molecule has 5 heteroatoms. The van der Waals surface area contributed by atoms with Crippen molar-refractivity contribution >= 4 is 11.7 Å². The first-order chi connectivity index (χ1) is 8.34. The third kappa shape index (κ3) is 1.97. The number of aromatic nitrogens is 2. The van der Waals surface area contributed by atoms with Gasteiger partial charge in [-0.05, 0) is 32.1 Å². The minimum absolute atomic E-state index is 0.0848. The fourth-order valence-corrected chi connectivity index (χ4v) is 2.56. The van der Waals surface area contributed by atoms with Gasteiger partial charge in [-0.25, -0.2) is 9.97 Å². The highest BCUT2D eigenvalue weighted by Gasteiger charge is 2.24. The summed E-state index contributed by atoms with van der Waals surface area (Å²) in [4.78, 5) is 20.2. The molecule has 0 aromatic carbocycles. The van der Waals surface area contributed by atoms with Gasteiger partial charge in [-0.1, -0.05) is 0 Å². The quantitative estimate of drug-likeness (QED) is 0.786. The Bertz CT molecular complexity index is 446. The van der Waals surface area contributed by atoms with E-state index in [1.807, 2.05) is 0 Å². The van der Waals surface area contributed by atoms with Gasteiger partial charge in [0.15, 0.2) is 0 Å². The SMILES string of the molecule is O=C1NCCCC1Nc1ncnc2c1CCC2. The Morgan fingerprint density at radius 3 is 3.12 bits per heavy atom. The maximum atomic E-state index is 11.7. The number of carbonyl (C=O) groups is 1. The molecule has 1 aliphatic heterocycles. The van der Waals surface area contributed by atoms with Crippen LogP contribution in [0.3, 0.4) is 0 Å². The van der Waals surface area contributed by atoms with Gasteiger partial charge in [0.25, 0.3) is 0 Å². The summed E-state index contributed by atoms with van der Waals surface area (Å²) < 4.78 is 0. The van der Waals surface area contributed by atoms with Crippen molar-refractivity contribution in [1.82, 2.24) is 15.3 Å². The number of nitrogens with one attached hydrogen (secondary N) is 2. The highest BCUT2D eigenvalue weighted by molar-refractivity contribution is 5.85. The lowest BCUT2D eigenvalue weighted by molar-refractivity contribution is -0.123. The predicted octanol–water partition coefficient (Wildman–Crippen LogP) is 0.656. The fourth-order valence-electron chi connectivity index (χ4n) is 2.56. The molecule has 1 aromatic heterocycles. The van der Waals surface area contributed by atoms with Gasteiger partial charge < -0.3 is 10.6 Å². The Balaban J connectivity index is 1.81. The summed E-state index contributed by atoms with van der Waals surface area (Å²) in [5.74, 6) is 0.941. The zero-order valence-electron chi connectivity index (χ0n) is 9.70. The summed E-state index contributed by atoms with van der Waals surface area (Å²) in [6.45, 7) is 0.791. The van der Waals surface area contributed by atoms with E-state index in [1.54, 1.807) is 6.33 Å². The number of rotatable bonds is 2. The molecule has 2 aliphatic rings. The van der Waals surface area contributed by atoms with Gasteiger partial charge >= 0.3 is 0 Å². The largest absolute Gasteiger partial charge is 0.358 e. The Morgan fingerprint density at radius 2 is 2.24 bits per heavy atom. The molecule has 90 valence electrons. The van der Waals surface area contributed by atoms with Crippen LogP contribution in [0.4, 0.5) is 5.82 Å². The summed E-state index contributed by atoms with van der Waals surface area (Å²) in [5, 5.41) is 6.14. The van der Waals surface area contributed by atoms with E-state index in [0.717, 1.165) is 50.2 Å². The van der Waals surface area contributed by atoms with E-state index >= 15 is 0 Å². The van der Waals surface area contributed by atoms with Crippen molar-refractivity contribution in [1.29, 1.82) is 0 Å². The minimum Gasteiger partial charge on any atom is -0.358 e. The molecule has 1 amide bonds. The molecule has 1 fully saturated rings. The Morgan fingerprint density at radius 1 is 1.29 bits per heavy atom. The molecular formula is C12H16N4O. The van der Waals surface area contributed by atoms with Crippen LogP contribution in [0.1, 0.15) is 30.5 Å². The van der Waals surface area contributed by atoms with Crippen LogP contribution in [0.25, 0.3) is 0 Å². The second-order valence-electron chi connectivity index (χ2n) is 4.63. The molecule has 17 heavy (non-hydrogen) atoms. The third-order valence-electron chi connectivity index (χ3n) is 3.47. The van der Waals surface area contributed by atoms with E-state index in [4.69, 9.17) is 0 Å². The molecule has 0 radical (unpaired) electrons. The van der Waals surface area contributed by atoms with Gasteiger partial charge in [-0.15, -0.1) is 0 Å². The van der Waals surface area contributed by atoms with Gasteiger partial charge in [0.1, 0.15) is 18.2 Å². The van der Waals surface area contributed by atoms with Crippen LogP contribution in [0.5, 0.6) is 0 Å². The molecule has 1 aliphatic carbocycles. The molecule has 1 atom stereocenters. The standard InChI is InChI=1S/C12H16N4O/c17-12-10(5-2-6-13-12)16-11-8-3-1-4-9(8)14-7-15-11/h7,10H,1-6H2,(H,13,17)(H,14,15,16). The number of aryl methyl sites for hydroxylation is 1. The van der Waals surface area contributed by atoms with E-state index in [2.05, 4.69) is 20.6 Å². The fraction of sp³-hybridized carbons (Fsp3) is 0.583. The van der Waals surface area contributed by atoms with E-state index in [9.17, 15) is 4.79 Å². The molecule has 3 rings (SSSR count). The molecule has 0 saturated carbocycles. The van der Waals surface area contributed by atoms with E-state index in [-0.39, 0.29) is 11.9 Å². The van der Waals surface area contributed by atoms with Crippen LogP contribution in [0.2, 0.25) is 0 Å². The smallest absolute Gasteiger partial charge is 0.242 e. The maximum Gasteiger partial charge on any atom is 0.242 e.